The maximum atomic E-state index is 6.18. The summed E-state index contributed by atoms with van der Waals surface area (Å²) in [6.07, 6.45) is 5.65. The normalized spacial score (nSPS) is 23.9. The molecule has 110 valence electrons. The van der Waals surface area contributed by atoms with Gasteiger partial charge >= 0.3 is 0 Å². The Morgan fingerprint density at radius 2 is 2.05 bits per heavy atom. The zero-order valence-electron chi connectivity index (χ0n) is 12.2. The van der Waals surface area contributed by atoms with Crippen LogP contribution in [0.5, 0.6) is 0 Å². The number of hydrogen-bond acceptors (Lipinski definition) is 6. The van der Waals surface area contributed by atoms with Crippen LogP contribution in [0.3, 0.4) is 0 Å². The third-order valence-corrected chi connectivity index (χ3v) is 4.23. The van der Waals surface area contributed by atoms with Crippen molar-refractivity contribution < 1.29 is 0 Å². The fourth-order valence-electron chi connectivity index (χ4n) is 3.05. The van der Waals surface area contributed by atoms with Crippen molar-refractivity contribution in [2.24, 2.45) is 0 Å². The van der Waals surface area contributed by atoms with E-state index in [1.807, 2.05) is 6.20 Å². The van der Waals surface area contributed by atoms with E-state index in [1.54, 1.807) is 0 Å². The van der Waals surface area contributed by atoms with Crippen molar-refractivity contribution in [1.29, 1.82) is 0 Å². The molecule has 20 heavy (non-hydrogen) atoms. The second-order valence-corrected chi connectivity index (χ2v) is 5.73. The number of nitrogens with two attached hydrogens (primary N) is 1. The van der Waals surface area contributed by atoms with Crippen molar-refractivity contribution >= 4 is 17.5 Å². The number of aromatic nitrogens is 2. The van der Waals surface area contributed by atoms with E-state index in [4.69, 9.17) is 5.73 Å². The van der Waals surface area contributed by atoms with Crippen molar-refractivity contribution in [3.8, 4) is 0 Å². The number of nitrogen functional groups attached to an aromatic ring is 1. The number of nitrogens with zero attached hydrogens (tertiary/aromatic N) is 4. The van der Waals surface area contributed by atoms with Crippen LogP contribution in [0.1, 0.15) is 26.2 Å². The smallest absolute Gasteiger partial charge is 0.227 e. The van der Waals surface area contributed by atoms with Gasteiger partial charge < -0.3 is 20.9 Å². The number of hydrogen-bond donors (Lipinski definition) is 2. The maximum absolute atomic E-state index is 6.18. The van der Waals surface area contributed by atoms with Gasteiger partial charge in [-0.2, -0.15) is 4.98 Å². The standard InChI is InChI=1S/C14H24N6/c1-11-9-16-5-8-20(11)12-10-17-14(18-13(12)15)19-6-3-2-4-7-19/h10-11,16H,2-9H2,1H3,(H2,15,17,18). The van der Waals surface area contributed by atoms with Crippen LogP contribution in [0.15, 0.2) is 6.20 Å². The van der Waals surface area contributed by atoms with Crippen molar-refractivity contribution in [3.63, 3.8) is 0 Å². The van der Waals surface area contributed by atoms with Gasteiger partial charge in [-0.15, -0.1) is 0 Å². The van der Waals surface area contributed by atoms with Crippen molar-refractivity contribution in [2.45, 2.75) is 32.2 Å². The lowest BCUT2D eigenvalue weighted by Gasteiger charge is -2.36. The molecule has 2 saturated heterocycles. The fraction of sp³-hybridized carbons (Fsp3) is 0.714. The molecule has 0 saturated carbocycles. The Hall–Kier alpha value is -1.56. The molecule has 2 aliphatic heterocycles. The Morgan fingerprint density at radius 1 is 1.25 bits per heavy atom. The molecule has 3 rings (SSSR count). The van der Waals surface area contributed by atoms with E-state index in [2.05, 4.69) is 32.0 Å². The highest BCUT2D eigenvalue weighted by molar-refractivity contribution is 5.64. The predicted octanol–water partition coefficient (Wildman–Crippen LogP) is 0.847. The molecular weight excluding hydrogens is 252 g/mol. The molecule has 0 spiro atoms. The minimum absolute atomic E-state index is 0.426. The molecule has 2 aliphatic rings. The van der Waals surface area contributed by atoms with Crippen LogP contribution in [-0.4, -0.2) is 48.7 Å². The summed E-state index contributed by atoms with van der Waals surface area (Å²) in [7, 11) is 0. The van der Waals surface area contributed by atoms with Crippen molar-refractivity contribution in [2.75, 3.05) is 48.3 Å². The van der Waals surface area contributed by atoms with Gasteiger partial charge in [-0.3, -0.25) is 0 Å². The van der Waals surface area contributed by atoms with Crippen LogP contribution in [-0.2, 0) is 0 Å². The molecule has 1 unspecified atom stereocenters. The van der Waals surface area contributed by atoms with Gasteiger partial charge in [0.1, 0.15) is 0 Å². The quantitative estimate of drug-likeness (QED) is 0.834. The van der Waals surface area contributed by atoms with Gasteiger partial charge in [0.2, 0.25) is 5.95 Å². The third-order valence-electron chi connectivity index (χ3n) is 4.23. The van der Waals surface area contributed by atoms with E-state index >= 15 is 0 Å². The molecule has 0 aromatic carbocycles. The minimum atomic E-state index is 0.426. The van der Waals surface area contributed by atoms with Crippen LogP contribution >= 0.6 is 0 Å². The summed E-state index contributed by atoms with van der Waals surface area (Å²) in [5.41, 5.74) is 7.15. The monoisotopic (exact) mass is 276 g/mol. The SMILES string of the molecule is CC1CNCCN1c1cnc(N2CCCCC2)nc1N. The molecule has 6 heteroatoms. The van der Waals surface area contributed by atoms with E-state index in [0.29, 0.717) is 11.9 Å². The summed E-state index contributed by atoms with van der Waals surface area (Å²) in [4.78, 5) is 13.6. The van der Waals surface area contributed by atoms with E-state index in [0.717, 1.165) is 44.4 Å². The summed E-state index contributed by atoms with van der Waals surface area (Å²) in [6, 6.07) is 0.426. The van der Waals surface area contributed by atoms with Crippen molar-refractivity contribution in [1.82, 2.24) is 15.3 Å². The largest absolute Gasteiger partial charge is 0.382 e. The van der Waals surface area contributed by atoms with Crippen LogP contribution < -0.4 is 20.9 Å². The molecule has 0 amide bonds. The number of rotatable bonds is 2. The van der Waals surface area contributed by atoms with Crippen LogP contribution in [0, 0.1) is 0 Å². The Balaban J connectivity index is 1.79. The van der Waals surface area contributed by atoms with E-state index in [1.165, 1.54) is 19.3 Å². The molecule has 1 aromatic rings. The lowest BCUT2D eigenvalue weighted by Crippen LogP contribution is -2.50. The van der Waals surface area contributed by atoms with E-state index in [9.17, 15) is 0 Å². The highest BCUT2D eigenvalue weighted by Gasteiger charge is 2.22. The van der Waals surface area contributed by atoms with Gasteiger partial charge in [-0.1, -0.05) is 0 Å². The molecule has 2 fully saturated rings. The van der Waals surface area contributed by atoms with Gasteiger partial charge in [-0.25, -0.2) is 4.98 Å². The topological polar surface area (TPSA) is 70.3 Å². The van der Waals surface area contributed by atoms with Crippen LogP contribution in [0.25, 0.3) is 0 Å². The highest BCUT2D eigenvalue weighted by atomic mass is 15.3. The summed E-state index contributed by atoms with van der Waals surface area (Å²) in [6.45, 7) is 7.21. The molecule has 0 aliphatic carbocycles. The van der Waals surface area contributed by atoms with Gasteiger partial charge in [0, 0.05) is 38.8 Å². The molecule has 1 atom stereocenters. The lowest BCUT2D eigenvalue weighted by molar-refractivity contribution is 0.500. The Morgan fingerprint density at radius 3 is 2.75 bits per heavy atom. The third kappa shape index (κ3) is 2.65. The van der Waals surface area contributed by atoms with Gasteiger partial charge in [-0.05, 0) is 26.2 Å². The summed E-state index contributed by atoms with van der Waals surface area (Å²) >= 11 is 0. The lowest BCUT2D eigenvalue weighted by atomic mass is 10.1. The summed E-state index contributed by atoms with van der Waals surface area (Å²) in [5, 5.41) is 3.39. The summed E-state index contributed by atoms with van der Waals surface area (Å²) < 4.78 is 0. The molecule has 0 radical (unpaired) electrons. The van der Waals surface area contributed by atoms with Crippen molar-refractivity contribution in [3.05, 3.63) is 6.20 Å². The minimum Gasteiger partial charge on any atom is -0.382 e. The molecule has 3 heterocycles. The van der Waals surface area contributed by atoms with Crippen LogP contribution in [0.2, 0.25) is 0 Å². The Labute approximate surface area is 120 Å². The van der Waals surface area contributed by atoms with E-state index < -0.39 is 0 Å². The van der Waals surface area contributed by atoms with Gasteiger partial charge in [0.15, 0.2) is 5.82 Å². The Kier molecular flexibility index (Phi) is 3.91. The molecule has 0 bridgehead atoms. The zero-order valence-corrected chi connectivity index (χ0v) is 12.2. The molecule has 1 aromatic heterocycles. The highest BCUT2D eigenvalue weighted by Crippen LogP contribution is 2.26. The first kappa shape index (κ1) is 13.4. The van der Waals surface area contributed by atoms with Crippen LogP contribution in [0.4, 0.5) is 17.5 Å². The van der Waals surface area contributed by atoms with E-state index in [-0.39, 0.29) is 0 Å². The van der Waals surface area contributed by atoms with Gasteiger partial charge in [0.25, 0.3) is 0 Å². The zero-order chi connectivity index (χ0) is 13.9. The summed E-state index contributed by atoms with van der Waals surface area (Å²) in [5.74, 6) is 1.39. The number of piperidine rings is 1. The maximum Gasteiger partial charge on any atom is 0.227 e. The average molecular weight is 276 g/mol. The second-order valence-electron chi connectivity index (χ2n) is 5.73. The first-order chi connectivity index (χ1) is 9.75. The number of nitrogens with one attached hydrogen (secondary N) is 1. The molecule has 3 N–H and O–H groups in total. The molecule has 6 nitrogen and oxygen atoms in total. The van der Waals surface area contributed by atoms with Gasteiger partial charge in [0.05, 0.1) is 11.9 Å². The second kappa shape index (κ2) is 5.83. The number of piperazine rings is 1. The first-order valence-corrected chi connectivity index (χ1v) is 7.60. The first-order valence-electron chi connectivity index (χ1n) is 7.60. The number of anilines is 3. The average Bonchev–Trinajstić information content (AvgIpc) is 2.49. The Bertz CT molecular complexity index is 457. The molecular formula is C14H24N6. The fourth-order valence-corrected chi connectivity index (χ4v) is 3.05. The predicted molar refractivity (Wildman–Crippen MR) is 82.2 cm³/mol.